The number of nitrogens with two attached hydrogens (primary N) is 1. The first-order valence-corrected chi connectivity index (χ1v) is 8.97. The Hall–Kier alpha value is -0.620. The highest BCUT2D eigenvalue weighted by Crippen LogP contribution is 2.32. The van der Waals surface area contributed by atoms with Gasteiger partial charge in [0.05, 0.1) is 4.90 Å². The van der Waals surface area contributed by atoms with Gasteiger partial charge in [0.1, 0.15) is 0 Å². The summed E-state index contributed by atoms with van der Waals surface area (Å²) in [5.74, 6) is 0.483. The Labute approximate surface area is 140 Å². The molecule has 0 spiro atoms. The SMILES string of the molecule is Cc1c(C)c(C)c(S(=O)(=O)NCC(N)C2CC2)c(C)c1C.Cl. The predicted molar refractivity (Wildman–Crippen MR) is 93.3 cm³/mol. The molecular formula is C16H27ClN2O2S. The average Bonchev–Trinajstić information content (AvgIpc) is 3.25. The lowest BCUT2D eigenvalue weighted by atomic mass is 9.95. The summed E-state index contributed by atoms with van der Waals surface area (Å²) in [5, 5.41) is 0. The minimum Gasteiger partial charge on any atom is -0.326 e. The van der Waals surface area contributed by atoms with Gasteiger partial charge in [0.25, 0.3) is 0 Å². The molecule has 126 valence electrons. The van der Waals surface area contributed by atoms with Crippen molar-refractivity contribution >= 4 is 22.4 Å². The fourth-order valence-corrected chi connectivity index (χ4v) is 4.51. The monoisotopic (exact) mass is 346 g/mol. The molecule has 1 fully saturated rings. The summed E-state index contributed by atoms with van der Waals surface area (Å²) < 4.78 is 28.0. The number of nitrogens with one attached hydrogen (secondary N) is 1. The maximum absolute atomic E-state index is 12.7. The van der Waals surface area contributed by atoms with Crippen LogP contribution in [0.1, 0.15) is 40.7 Å². The average molecular weight is 347 g/mol. The van der Waals surface area contributed by atoms with Crippen molar-refractivity contribution in [2.75, 3.05) is 6.54 Å². The van der Waals surface area contributed by atoms with Crippen LogP contribution in [-0.4, -0.2) is 21.0 Å². The van der Waals surface area contributed by atoms with Crippen LogP contribution >= 0.6 is 12.4 Å². The van der Waals surface area contributed by atoms with Crippen molar-refractivity contribution in [3.63, 3.8) is 0 Å². The third kappa shape index (κ3) is 3.65. The molecule has 1 aliphatic carbocycles. The molecule has 1 aliphatic rings. The van der Waals surface area contributed by atoms with E-state index in [4.69, 9.17) is 5.73 Å². The van der Waals surface area contributed by atoms with E-state index in [1.165, 1.54) is 5.56 Å². The minimum atomic E-state index is -3.51. The lowest BCUT2D eigenvalue weighted by Gasteiger charge is -2.20. The Morgan fingerprint density at radius 3 is 1.82 bits per heavy atom. The van der Waals surface area contributed by atoms with Gasteiger partial charge in [-0.3, -0.25) is 0 Å². The molecule has 0 bridgehead atoms. The highest BCUT2D eigenvalue weighted by molar-refractivity contribution is 7.89. The van der Waals surface area contributed by atoms with Crippen molar-refractivity contribution < 1.29 is 8.42 Å². The number of benzene rings is 1. The normalized spacial score (nSPS) is 16.3. The molecule has 1 aromatic carbocycles. The van der Waals surface area contributed by atoms with Crippen LogP contribution in [-0.2, 0) is 10.0 Å². The van der Waals surface area contributed by atoms with Crippen molar-refractivity contribution in [1.82, 2.24) is 4.72 Å². The zero-order valence-corrected chi connectivity index (χ0v) is 15.6. The molecule has 6 heteroatoms. The first-order valence-electron chi connectivity index (χ1n) is 7.49. The van der Waals surface area contributed by atoms with E-state index >= 15 is 0 Å². The van der Waals surface area contributed by atoms with Gasteiger partial charge in [-0.05, 0) is 81.2 Å². The molecule has 0 amide bonds. The Bertz CT molecular complexity index is 638. The predicted octanol–water partition coefficient (Wildman–Crippen LogP) is 2.67. The minimum absolute atomic E-state index is 0. The molecule has 1 saturated carbocycles. The summed E-state index contributed by atoms with van der Waals surface area (Å²) in [6.45, 7) is 10.1. The highest BCUT2D eigenvalue weighted by Gasteiger charge is 2.30. The summed E-state index contributed by atoms with van der Waals surface area (Å²) >= 11 is 0. The summed E-state index contributed by atoms with van der Waals surface area (Å²) in [7, 11) is -3.51. The second kappa shape index (κ2) is 6.87. The zero-order chi connectivity index (χ0) is 15.9. The van der Waals surface area contributed by atoms with Gasteiger partial charge in [-0.15, -0.1) is 12.4 Å². The molecule has 2 rings (SSSR count). The van der Waals surface area contributed by atoms with Crippen LogP contribution in [0.2, 0.25) is 0 Å². The van der Waals surface area contributed by atoms with Crippen LogP contribution in [0.25, 0.3) is 0 Å². The van der Waals surface area contributed by atoms with E-state index in [2.05, 4.69) is 4.72 Å². The van der Waals surface area contributed by atoms with Crippen LogP contribution in [0.5, 0.6) is 0 Å². The quantitative estimate of drug-likeness (QED) is 0.860. The van der Waals surface area contributed by atoms with Gasteiger partial charge in [-0.25, -0.2) is 13.1 Å². The molecule has 0 aromatic heterocycles. The van der Waals surface area contributed by atoms with Gasteiger partial charge < -0.3 is 5.73 Å². The molecule has 1 atom stereocenters. The van der Waals surface area contributed by atoms with Gasteiger partial charge in [0, 0.05) is 12.6 Å². The maximum Gasteiger partial charge on any atom is 0.241 e. The van der Waals surface area contributed by atoms with Crippen molar-refractivity contribution in [3.05, 3.63) is 27.8 Å². The Morgan fingerprint density at radius 2 is 1.41 bits per heavy atom. The molecule has 3 N–H and O–H groups in total. The molecule has 0 saturated heterocycles. The van der Waals surface area contributed by atoms with Crippen molar-refractivity contribution in [3.8, 4) is 0 Å². The first-order chi connectivity index (χ1) is 9.66. The number of rotatable bonds is 5. The van der Waals surface area contributed by atoms with E-state index in [-0.39, 0.29) is 18.4 Å². The smallest absolute Gasteiger partial charge is 0.241 e. The third-order valence-corrected chi connectivity index (χ3v) is 6.63. The lowest BCUT2D eigenvalue weighted by Crippen LogP contribution is -2.39. The maximum atomic E-state index is 12.7. The molecule has 1 unspecified atom stereocenters. The van der Waals surface area contributed by atoms with E-state index in [0.717, 1.165) is 35.1 Å². The number of hydrogen-bond acceptors (Lipinski definition) is 3. The largest absolute Gasteiger partial charge is 0.326 e. The van der Waals surface area contributed by atoms with Crippen LogP contribution in [0.15, 0.2) is 4.90 Å². The second-order valence-corrected chi connectivity index (χ2v) is 8.01. The van der Waals surface area contributed by atoms with Crippen LogP contribution in [0, 0.1) is 40.5 Å². The number of sulfonamides is 1. The summed E-state index contributed by atoms with van der Waals surface area (Å²) in [4.78, 5) is 0.422. The summed E-state index contributed by atoms with van der Waals surface area (Å²) in [6, 6.07) is -0.0759. The molecular weight excluding hydrogens is 320 g/mol. The van der Waals surface area contributed by atoms with Crippen molar-refractivity contribution in [2.24, 2.45) is 11.7 Å². The van der Waals surface area contributed by atoms with Gasteiger partial charge in [-0.2, -0.15) is 0 Å². The summed E-state index contributed by atoms with van der Waals surface area (Å²) in [6.07, 6.45) is 2.23. The van der Waals surface area contributed by atoms with E-state index in [1.54, 1.807) is 0 Å². The fraction of sp³-hybridized carbons (Fsp3) is 0.625. The van der Waals surface area contributed by atoms with Crippen LogP contribution in [0.3, 0.4) is 0 Å². The van der Waals surface area contributed by atoms with Crippen LogP contribution in [0.4, 0.5) is 0 Å². The standard InChI is InChI=1S/C16H26N2O2S.ClH/c1-9-10(2)12(4)16(13(5)11(9)3)21(19,20)18-8-15(17)14-6-7-14;/h14-15,18H,6-8,17H2,1-5H3;1H. The lowest BCUT2D eigenvalue weighted by molar-refractivity contribution is 0.546. The summed E-state index contributed by atoms with van der Waals surface area (Å²) in [5.41, 5.74) is 10.9. The molecule has 0 aliphatic heterocycles. The second-order valence-electron chi connectivity index (χ2n) is 6.31. The van der Waals surface area contributed by atoms with Crippen LogP contribution < -0.4 is 10.5 Å². The molecule has 4 nitrogen and oxygen atoms in total. The van der Waals surface area contributed by atoms with E-state index in [0.29, 0.717) is 17.4 Å². The number of hydrogen-bond donors (Lipinski definition) is 2. The Balaban J connectivity index is 0.00000242. The molecule has 22 heavy (non-hydrogen) atoms. The zero-order valence-electron chi connectivity index (χ0n) is 14.0. The van der Waals surface area contributed by atoms with Gasteiger partial charge >= 0.3 is 0 Å². The van der Waals surface area contributed by atoms with E-state index in [9.17, 15) is 8.42 Å². The molecule has 1 aromatic rings. The van der Waals surface area contributed by atoms with Gasteiger partial charge in [0.2, 0.25) is 10.0 Å². The topological polar surface area (TPSA) is 72.2 Å². The van der Waals surface area contributed by atoms with Crippen molar-refractivity contribution in [1.29, 1.82) is 0 Å². The van der Waals surface area contributed by atoms with E-state index in [1.807, 2.05) is 34.6 Å². The van der Waals surface area contributed by atoms with Crippen molar-refractivity contribution in [2.45, 2.75) is 58.4 Å². The van der Waals surface area contributed by atoms with Gasteiger partial charge in [-0.1, -0.05) is 0 Å². The Morgan fingerprint density at radius 1 is 1.00 bits per heavy atom. The van der Waals surface area contributed by atoms with Gasteiger partial charge in [0.15, 0.2) is 0 Å². The fourth-order valence-electron chi connectivity index (χ4n) is 2.84. The van der Waals surface area contributed by atoms with E-state index < -0.39 is 10.0 Å². The number of halogens is 1. The molecule has 0 heterocycles. The molecule has 0 radical (unpaired) electrons. The first kappa shape index (κ1) is 19.4. The highest BCUT2D eigenvalue weighted by atomic mass is 35.5. The Kier molecular flexibility index (Phi) is 6.07. The third-order valence-electron chi connectivity index (χ3n) is 4.94.